The molecule has 0 saturated carbocycles. The second kappa shape index (κ2) is 4.22. The molecule has 0 atom stereocenters. The molecule has 2 aromatic rings. The van der Waals surface area contributed by atoms with Crippen LogP contribution in [0.4, 0.5) is 0 Å². The highest BCUT2D eigenvalue weighted by molar-refractivity contribution is 9.13. The maximum Gasteiger partial charge on any atom is 0.222 e. The molecule has 0 aliphatic heterocycles. The van der Waals surface area contributed by atoms with Crippen molar-refractivity contribution in [1.82, 2.24) is 4.37 Å². The van der Waals surface area contributed by atoms with E-state index in [1.54, 1.807) is 17.5 Å². The molecule has 0 radical (unpaired) electrons. The first-order valence-corrected chi connectivity index (χ1v) is 6.82. The molecule has 2 aromatic heterocycles. The summed E-state index contributed by atoms with van der Waals surface area (Å²) < 4.78 is 5.83. The predicted octanol–water partition coefficient (Wildman–Crippen LogP) is 3.96. The van der Waals surface area contributed by atoms with Crippen LogP contribution in [0.1, 0.15) is 15.4 Å². The van der Waals surface area contributed by atoms with E-state index in [0.29, 0.717) is 10.6 Å². The van der Waals surface area contributed by atoms with Crippen LogP contribution in [0.5, 0.6) is 0 Å². The standard InChI is InChI=1S/C8H3Br2NOS2/c9-4-3-6(14-8(4)10)7(12)5-1-2-13-11-5/h1-3H. The maximum absolute atomic E-state index is 11.8. The molecule has 0 spiro atoms. The lowest BCUT2D eigenvalue weighted by molar-refractivity contribution is 0.103. The van der Waals surface area contributed by atoms with Gasteiger partial charge in [0.15, 0.2) is 0 Å². The Labute approximate surface area is 105 Å². The molecule has 0 bridgehead atoms. The van der Waals surface area contributed by atoms with E-state index in [-0.39, 0.29) is 5.78 Å². The van der Waals surface area contributed by atoms with Crippen LogP contribution in [0.25, 0.3) is 0 Å². The third-order valence-corrected chi connectivity index (χ3v) is 5.35. The lowest BCUT2D eigenvalue weighted by atomic mass is 10.2. The Hall–Kier alpha value is -0.0400. The van der Waals surface area contributed by atoms with Crippen LogP contribution in [0.3, 0.4) is 0 Å². The van der Waals surface area contributed by atoms with Crippen LogP contribution in [0.15, 0.2) is 25.8 Å². The van der Waals surface area contributed by atoms with E-state index in [4.69, 9.17) is 0 Å². The van der Waals surface area contributed by atoms with Gasteiger partial charge in [-0.25, -0.2) is 0 Å². The number of thiophene rings is 1. The molecule has 2 rings (SSSR count). The summed E-state index contributed by atoms with van der Waals surface area (Å²) in [5, 5.41) is 1.80. The number of hydrogen-bond donors (Lipinski definition) is 0. The van der Waals surface area contributed by atoms with Crippen molar-refractivity contribution in [2.45, 2.75) is 0 Å². The minimum absolute atomic E-state index is 0.0253. The zero-order valence-electron chi connectivity index (χ0n) is 6.66. The summed E-state index contributed by atoms with van der Waals surface area (Å²) in [6.07, 6.45) is 0. The molecule has 0 aliphatic carbocycles. The van der Waals surface area contributed by atoms with Gasteiger partial charge in [-0.1, -0.05) is 0 Å². The van der Waals surface area contributed by atoms with Crippen molar-refractivity contribution in [2.75, 3.05) is 0 Å². The van der Waals surface area contributed by atoms with E-state index < -0.39 is 0 Å². The number of halogens is 2. The van der Waals surface area contributed by atoms with Gasteiger partial charge in [0, 0.05) is 9.85 Å². The van der Waals surface area contributed by atoms with Gasteiger partial charge in [0.2, 0.25) is 5.78 Å². The Morgan fingerprint density at radius 2 is 2.21 bits per heavy atom. The number of carbonyl (C=O) groups is 1. The van der Waals surface area contributed by atoms with Gasteiger partial charge in [-0.3, -0.25) is 4.79 Å². The first kappa shape index (κ1) is 10.5. The van der Waals surface area contributed by atoms with E-state index in [0.717, 1.165) is 8.26 Å². The number of rotatable bonds is 2. The monoisotopic (exact) mass is 351 g/mol. The average Bonchev–Trinajstić information content (AvgIpc) is 2.76. The van der Waals surface area contributed by atoms with Crippen LogP contribution in [0.2, 0.25) is 0 Å². The van der Waals surface area contributed by atoms with Crippen molar-refractivity contribution in [1.29, 1.82) is 0 Å². The molecule has 0 amide bonds. The van der Waals surface area contributed by atoms with Gasteiger partial charge in [0.05, 0.1) is 8.66 Å². The summed E-state index contributed by atoms with van der Waals surface area (Å²) in [6, 6.07) is 3.53. The lowest BCUT2D eigenvalue weighted by Crippen LogP contribution is -1.97. The topological polar surface area (TPSA) is 30.0 Å². The Morgan fingerprint density at radius 3 is 2.71 bits per heavy atom. The van der Waals surface area contributed by atoms with E-state index in [1.165, 1.54) is 22.9 Å². The molecule has 6 heteroatoms. The Balaban J connectivity index is 2.37. The molecule has 0 fully saturated rings. The molecule has 0 aliphatic rings. The predicted molar refractivity (Wildman–Crippen MR) is 65.3 cm³/mol. The van der Waals surface area contributed by atoms with Gasteiger partial charge < -0.3 is 0 Å². The highest BCUT2D eigenvalue weighted by Gasteiger charge is 2.15. The number of hydrogen-bond acceptors (Lipinski definition) is 4. The third-order valence-electron chi connectivity index (χ3n) is 1.54. The second-order valence-corrected chi connectivity index (χ2v) is 6.34. The summed E-state index contributed by atoms with van der Waals surface area (Å²) >= 11 is 9.38. The number of ketones is 1. The first-order valence-electron chi connectivity index (χ1n) is 3.58. The van der Waals surface area contributed by atoms with Crippen molar-refractivity contribution < 1.29 is 4.79 Å². The van der Waals surface area contributed by atoms with Crippen LogP contribution in [-0.4, -0.2) is 10.2 Å². The molecule has 72 valence electrons. The van der Waals surface area contributed by atoms with Gasteiger partial charge in [-0.2, -0.15) is 4.37 Å². The zero-order chi connectivity index (χ0) is 10.1. The van der Waals surface area contributed by atoms with Crippen molar-refractivity contribution in [3.8, 4) is 0 Å². The maximum atomic E-state index is 11.8. The van der Waals surface area contributed by atoms with Crippen LogP contribution >= 0.6 is 54.7 Å². The smallest absolute Gasteiger partial charge is 0.222 e. The molecule has 0 aromatic carbocycles. The molecule has 14 heavy (non-hydrogen) atoms. The average molecular weight is 353 g/mol. The van der Waals surface area contributed by atoms with E-state index in [2.05, 4.69) is 36.2 Å². The molecule has 2 nitrogen and oxygen atoms in total. The Bertz CT molecular complexity index is 444. The minimum Gasteiger partial charge on any atom is -0.286 e. The van der Waals surface area contributed by atoms with Gasteiger partial charge >= 0.3 is 0 Å². The third kappa shape index (κ3) is 1.98. The largest absolute Gasteiger partial charge is 0.286 e. The number of aromatic nitrogens is 1. The Kier molecular flexibility index (Phi) is 3.16. The van der Waals surface area contributed by atoms with Gasteiger partial charge in [0.1, 0.15) is 5.69 Å². The van der Waals surface area contributed by atoms with Crippen LogP contribution in [-0.2, 0) is 0 Å². The van der Waals surface area contributed by atoms with Crippen molar-refractivity contribution in [3.63, 3.8) is 0 Å². The quantitative estimate of drug-likeness (QED) is 0.765. The molecular formula is C8H3Br2NOS2. The SMILES string of the molecule is O=C(c1ccsn1)c1cc(Br)c(Br)s1. The molecule has 0 N–H and O–H groups in total. The summed E-state index contributed by atoms with van der Waals surface area (Å²) in [5.74, 6) is -0.0253. The zero-order valence-corrected chi connectivity index (χ0v) is 11.5. The Morgan fingerprint density at radius 1 is 1.43 bits per heavy atom. The summed E-state index contributed by atoms with van der Waals surface area (Å²) in [5.41, 5.74) is 0.510. The summed E-state index contributed by atoms with van der Waals surface area (Å²) in [4.78, 5) is 12.5. The summed E-state index contributed by atoms with van der Waals surface area (Å²) in [7, 11) is 0. The fourth-order valence-corrected chi connectivity index (χ4v) is 3.41. The van der Waals surface area contributed by atoms with Gasteiger partial charge in [-0.15, -0.1) is 11.3 Å². The molecule has 0 saturated heterocycles. The fourth-order valence-electron chi connectivity index (χ4n) is 0.914. The minimum atomic E-state index is -0.0253. The molecular weight excluding hydrogens is 350 g/mol. The fraction of sp³-hybridized carbons (Fsp3) is 0. The highest BCUT2D eigenvalue weighted by atomic mass is 79.9. The van der Waals surface area contributed by atoms with E-state index in [1.807, 2.05) is 0 Å². The van der Waals surface area contributed by atoms with Crippen molar-refractivity contribution in [2.24, 2.45) is 0 Å². The van der Waals surface area contributed by atoms with E-state index in [9.17, 15) is 4.79 Å². The van der Waals surface area contributed by atoms with Crippen molar-refractivity contribution >= 4 is 60.5 Å². The lowest BCUT2D eigenvalue weighted by Gasteiger charge is -1.89. The number of carbonyl (C=O) groups excluding carboxylic acids is 1. The highest BCUT2D eigenvalue weighted by Crippen LogP contribution is 2.33. The van der Waals surface area contributed by atoms with E-state index >= 15 is 0 Å². The normalized spacial score (nSPS) is 10.4. The van der Waals surface area contributed by atoms with Crippen LogP contribution < -0.4 is 0 Å². The summed E-state index contributed by atoms with van der Waals surface area (Å²) in [6.45, 7) is 0. The molecule has 0 unspecified atom stereocenters. The molecule has 2 heterocycles. The number of nitrogens with zero attached hydrogens (tertiary/aromatic N) is 1. The van der Waals surface area contributed by atoms with Crippen LogP contribution in [0, 0.1) is 0 Å². The first-order chi connectivity index (χ1) is 6.68. The van der Waals surface area contributed by atoms with Gasteiger partial charge in [-0.05, 0) is 55.5 Å². The van der Waals surface area contributed by atoms with Crippen molar-refractivity contribution in [3.05, 3.63) is 36.3 Å². The second-order valence-electron chi connectivity index (χ2n) is 2.45. The van der Waals surface area contributed by atoms with Gasteiger partial charge in [0.25, 0.3) is 0 Å².